The van der Waals surface area contributed by atoms with Crippen LogP contribution >= 0.6 is 23.5 Å². The summed E-state index contributed by atoms with van der Waals surface area (Å²) in [5.41, 5.74) is 7.80. The van der Waals surface area contributed by atoms with Crippen molar-refractivity contribution in [1.82, 2.24) is 5.32 Å². The van der Waals surface area contributed by atoms with E-state index in [4.69, 9.17) is 5.73 Å². The second kappa shape index (κ2) is 7.07. The molecule has 1 atom stereocenters. The van der Waals surface area contributed by atoms with E-state index in [1.807, 2.05) is 35.7 Å². The predicted molar refractivity (Wildman–Crippen MR) is 91.7 cm³/mol. The maximum Gasteiger partial charge on any atom is 0.251 e. The normalized spacial score (nSPS) is 21.0. The van der Waals surface area contributed by atoms with Crippen LogP contribution in [0.15, 0.2) is 24.3 Å². The lowest BCUT2D eigenvalue weighted by molar-refractivity contribution is 0.0933. The van der Waals surface area contributed by atoms with Crippen LogP contribution in [0.3, 0.4) is 0 Å². The maximum atomic E-state index is 12.3. The van der Waals surface area contributed by atoms with Gasteiger partial charge < -0.3 is 11.1 Å². The lowest BCUT2D eigenvalue weighted by Gasteiger charge is -2.21. The van der Waals surface area contributed by atoms with Gasteiger partial charge in [0.1, 0.15) is 0 Å². The Morgan fingerprint density at radius 3 is 2.48 bits per heavy atom. The largest absolute Gasteiger partial charge is 0.348 e. The second-order valence-corrected chi connectivity index (χ2v) is 8.43. The van der Waals surface area contributed by atoms with Crippen LogP contribution in [0.25, 0.3) is 0 Å². The molecule has 1 aromatic carbocycles. The van der Waals surface area contributed by atoms with Gasteiger partial charge in [-0.15, -0.1) is 23.5 Å². The topological polar surface area (TPSA) is 55.1 Å². The number of hydrogen-bond acceptors (Lipinski definition) is 4. The summed E-state index contributed by atoms with van der Waals surface area (Å²) in [6.07, 6.45) is 3.68. The zero-order chi connectivity index (χ0) is 14.7. The molecule has 21 heavy (non-hydrogen) atoms. The molecule has 1 amide bonds. The van der Waals surface area contributed by atoms with Crippen molar-refractivity contribution in [2.45, 2.75) is 29.9 Å². The molecule has 114 valence electrons. The van der Waals surface area contributed by atoms with E-state index in [2.05, 4.69) is 17.4 Å². The van der Waals surface area contributed by atoms with Crippen LogP contribution < -0.4 is 11.1 Å². The van der Waals surface area contributed by atoms with E-state index < -0.39 is 0 Å². The van der Waals surface area contributed by atoms with Crippen LogP contribution in [0.2, 0.25) is 0 Å². The number of amides is 1. The number of thioether (sulfide) groups is 2. The molecule has 1 saturated heterocycles. The standard InChI is InChI=1S/C16H22N2OS2/c17-10-14(11-2-3-11)18-15(19)12-4-6-13(7-5-12)16-20-8-1-9-21-16/h4-7,11,14,16H,1-3,8-10,17H2,(H,18,19). The molecule has 1 heterocycles. The Morgan fingerprint density at radius 1 is 1.24 bits per heavy atom. The van der Waals surface area contributed by atoms with Crippen LogP contribution in [0.5, 0.6) is 0 Å². The van der Waals surface area contributed by atoms with Gasteiger partial charge in [0.05, 0.1) is 4.58 Å². The van der Waals surface area contributed by atoms with E-state index >= 15 is 0 Å². The van der Waals surface area contributed by atoms with E-state index in [0.717, 1.165) is 5.56 Å². The van der Waals surface area contributed by atoms with Crippen molar-refractivity contribution < 1.29 is 4.79 Å². The third-order valence-electron chi connectivity index (χ3n) is 4.03. The van der Waals surface area contributed by atoms with Gasteiger partial charge >= 0.3 is 0 Å². The van der Waals surface area contributed by atoms with Crippen LogP contribution in [0, 0.1) is 5.92 Å². The highest BCUT2D eigenvalue weighted by Crippen LogP contribution is 2.43. The summed E-state index contributed by atoms with van der Waals surface area (Å²) in [5.74, 6) is 3.07. The fourth-order valence-electron chi connectivity index (χ4n) is 2.59. The smallest absolute Gasteiger partial charge is 0.251 e. The average Bonchev–Trinajstić information content (AvgIpc) is 3.38. The number of nitrogens with one attached hydrogen (secondary N) is 1. The zero-order valence-electron chi connectivity index (χ0n) is 12.1. The van der Waals surface area contributed by atoms with Gasteiger partial charge in [0.25, 0.3) is 5.91 Å². The molecular formula is C16H22N2OS2. The minimum absolute atomic E-state index is 0.00727. The Kier molecular flexibility index (Phi) is 5.14. The van der Waals surface area contributed by atoms with E-state index in [1.54, 1.807) is 0 Å². The molecule has 1 aromatic rings. The first kappa shape index (κ1) is 15.3. The fraction of sp³-hybridized carbons (Fsp3) is 0.562. The van der Waals surface area contributed by atoms with Crippen LogP contribution in [0.1, 0.15) is 39.8 Å². The van der Waals surface area contributed by atoms with Crippen LogP contribution in [-0.4, -0.2) is 30.0 Å². The van der Waals surface area contributed by atoms with Gasteiger partial charge in [-0.25, -0.2) is 0 Å². The summed E-state index contributed by atoms with van der Waals surface area (Å²) in [6.45, 7) is 0.532. The molecule has 3 nitrogen and oxygen atoms in total. The number of carbonyl (C=O) groups excluding carboxylic acids is 1. The van der Waals surface area contributed by atoms with Gasteiger partial charge in [-0.2, -0.15) is 0 Å². The summed E-state index contributed by atoms with van der Waals surface area (Å²) in [6, 6.07) is 8.22. The fourth-order valence-corrected chi connectivity index (χ4v) is 5.49. The van der Waals surface area contributed by atoms with Crippen molar-refractivity contribution in [3.05, 3.63) is 35.4 Å². The first-order valence-electron chi connectivity index (χ1n) is 7.62. The molecule has 0 spiro atoms. The van der Waals surface area contributed by atoms with E-state index in [1.165, 1.54) is 36.3 Å². The Balaban J connectivity index is 1.61. The van der Waals surface area contributed by atoms with E-state index in [0.29, 0.717) is 17.0 Å². The second-order valence-electron chi connectivity index (χ2n) is 5.70. The molecule has 0 bridgehead atoms. The number of benzene rings is 1. The third-order valence-corrected chi connectivity index (χ3v) is 7.05. The van der Waals surface area contributed by atoms with E-state index in [9.17, 15) is 4.79 Å². The molecule has 1 aliphatic carbocycles. The summed E-state index contributed by atoms with van der Waals surface area (Å²) in [7, 11) is 0. The van der Waals surface area contributed by atoms with E-state index in [-0.39, 0.29) is 11.9 Å². The van der Waals surface area contributed by atoms with Crippen molar-refractivity contribution in [2.75, 3.05) is 18.1 Å². The molecule has 1 saturated carbocycles. The summed E-state index contributed by atoms with van der Waals surface area (Å²) in [5, 5.41) is 3.07. The molecule has 5 heteroatoms. The number of carbonyl (C=O) groups is 1. The van der Waals surface area contributed by atoms with Crippen molar-refractivity contribution in [1.29, 1.82) is 0 Å². The van der Waals surface area contributed by atoms with Gasteiger partial charge in [-0.1, -0.05) is 12.1 Å². The molecule has 2 aliphatic rings. The number of hydrogen-bond donors (Lipinski definition) is 2. The first-order chi connectivity index (χ1) is 10.3. The quantitative estimate of drug-likeness (QED) is 0.875. The Labute approximate surface area is 134 Å². The lowest BCUT2D eigenvalue weighted by atomic mass is 10.1. The monoisotopic (exact) mass is 322 g/mol. The van der Waals surface area contributed by atoms with Crippen molar-refractivity contribution in [3.63, 3.8) is 0 Å². The minimum Gasteiger partial charge on any atom is -0.348 e. The molecule has 0 aromatic heterocycles. The summed E-state index contributed by atoms with van der Waals surface area (Å²) >= 11 is 4.01. The average molecular weight is 322 g/mol. The highest BCUT2D eigenvalue weighted by atomic mass is 32.2. The SMILES string of the molecule is NCC(NC(=O)c1ccc(C2SCCCS2)cc1)C1CC1. The van der Waals surface area contributed by atoms with Gasteiger partial charge in [0.2, 0.25) is 0 Å². The highest BCUT2D eigenvalue weighted by molar-refractivity contribution is 8.16. The number of nitrogens with two attached hydrogens (primary N) is 1. The molecular weight excluding hydrogens is 300 g/mol. The molecule has 1 aliphatic heterocycles. The van der Waals surface area contributed by atoms with Gasteiger partial charge in [0.15, 0.2) is 0 Å². The molecule has 3 rings (SSSR count). The van der Waals surface area contributed by atoms with Crippen LogP contribution in [0.4, 0.5) is 0 Å². The Morgan fingerprint density at radius 2 is 1.90 bits per heavy atom. The molecule has 0 radical (unpaired) electrons. The lowest BCUT2D eigenvalue weighted by Crippen LogP contribution is -2.41. The maximum absolute atomic E-state index is 12.3. The zero-order valence-corrected chi connectivity index (χ0v) is 13.7. The van der Waals surface area contributed by atoms with Gasteiger partial charge in [0, 0.05) is 18.2 Å². The highest BCUT2D eigenvalue weighted by Gasteiger charge is 2.31. The minimum atomic E-state index is 0.00727. The summed E-state index contributed by atoms with van der Waals surface area (Å²) < 4.78 is 0.527. The molecule has 3 N–H and O–H groups in total. The van der Waals surface area contributed by atoms with Crippen molar-refractivity contribution >= 4 is 29.4 Å². The Hall–Kier alpha value is -0.650. The van der Waals surface area contributed by atoms with Gasteiger partial charge in [-0.05, 0) is 54.4 Å². The molecule has 1 unspecified atom stereocenters. The number of rotatable bonds is 5. The Bertz CT molecular complexity index is 482. The molecule has 2 fully saturated rings. The summed E-state index contributed by atoms with van der Waals surface area (Å²) in [4.78, 5) is 12.3. The van der Waals surface area contributed by atoms with Crippen molar-refractivity contribution in [2.24, 2.45) is 11.7 Å². The predicted octanol–water partition coefficient (Wildman–Crippen LogP) is 3.02. The third kappa shape index (κ3) is 3.96. The van der Waals surface area contributed by atoms with Crippen molar-refractivity contribution in [3.8, 4) is 0 Å². The van der Waals surface area contributed by atoms with Crippen LogP contribution in [-0.2, 0) is 0 Å². The first-order valence-corrected chi connectivity index (χ1v) is 9.72. The van der Waals surface area contributed by atoms with Gasteiger partial charge in [-0.3, -0.25) is 4.79 Å².